The van der Waals surface area contributed by atoms with Crippen LogP contribution < -0.4 is 4.90 Å². The number of likely N-dealkylation sites (N-methyl/N-ethyl adjacent to an activating group) is 1. The first kappa shape index (κ1) is 24.0. The molecule has 1 aliphatic carbocycles. The van der Waals surface area contributed by atoms with Gasteiger partial charge in [0.1, 0.15) is 0 Å². The van der Waals surface area contributed by atoms with Crippen LogP contribution in [0.25, 0.3) is 0 Å². The second-order valence-corrected chi connectivity index (χ2v) is 10.0. The highest BCUT2D eigenvalue weighted by Crippen LogP contribution is 2.45. The number of para-hydroxylation sites is 1. The molecule has 1 amide bonds. The van der Waals surface area contributed by atoms with Gasteiger partial charge in [0.25, 0.3) is 0 Å². The highest BCUT2D eigenvalue weighted by atomic mass is 35.5. The summed E-state index contributed by atoms with van der Waals surface area (Å²) in [5, 5.41) is 0. The zero-order valence-corrected chi connectivity index (χ0v) is 19.8. The Kier molecular flexibility index (Phi) is 8.42. The fourth-order valence-corrected chi connectivity index (χ4v) is 4.87. The van der Waals surface area contributed by atoms with Gasteiger partial charge in [-0.25, -0.2) is 0 Å². The van der Waals surface area contributed by atoms with Gasteiger partial charge in [-0.2, -0.15) is 0 Å². The second kappa shape index (κ2) is 10.2. The first-order chi connectivity index (χ1) is 13.3. The lowest BCUT2D eigenvalue weighted by atomic mass is 9.68. The molecule has 5 heteroatoms. The minimum Gasteiger partial charge on any atom is -0.369 e. The molecule has 0 bridgehead atoms. The number of anilines is 1. The number of amides is 1. The molecule has 0 aromatic heterocycles. The molecule has 1 saturated heterocycles. The van der Waals surface area contributed by atoms with Crippen molar-refractivity contribution in [1.82, 2.24) is 9.80 Å². The summed E-state index contributed by atoms with van der Waals surface area (Å²) in [5.74, 6) is 1.75. The smallest absolute Gasteiger partial charge is 0.236 e. The monoisotopic (exact) mass is 421 g/mol. The summed E-state index contributed by atoms with van der Waals surface area (Å²) in [6, 6.07) is 9.06. The number of halogens is 1. The summed E-state index contributed by atoms with van der Waals surface area (Å²) in [6.07, 6.45) is 5.33. The summed E-state index contributed by atoms with van der Waals surface area (Å²) in [7, 11) is 3.67. The number of carbonyl (C=O) groups is 1. The Morgan fingerprint density at radius 2 is 1.59 bits per heavy atom. The second-order valence-electron chi connectivity index (χ2n) is 10.0. The quantitative estimate of drug-likeness (QED) is 0.708. The van der Waals surface area contributed by atoms with Crippen molar-refractivity contribution < 1.29 is 4.79 Å². The van der Waals surface area contributed by atoms with E-state index in [2.05, 4.69) is 54.8 Å². The van der Waals surface area contributed by atoms with Crippen LogP contribution in [0, 0.1) is 11.3 Å². The minimum absolute atomic E-state index is 0. The number of rotatable bonds is 4. The van der Waals surface area contributed by atoms with Crippen molar-refractivity contribution in [2.24, 2.45) is 11.3 Å². The van der Waals surface area contributed by atoms with E-state index in [0.717, 1.165) is 32.1 Å². The molecule has 29 heavy (non-hydrogen) atoms. The zero-order chi connectivity index (χ0) is 20.3. The van der Waals surface area contributed by atoms with Crippen molar-refractivity contribution in [1.29, 1.82) is 0 Å². The zero-order valence-electron chi connectivity index (χ0n) is 19.0. The van der Waals surface area contributed by atoms with Crippen LogP contribution in [-0.2, 0) is 4.79 Å². The topological polar surface area (TPSA) is 26.8 Å². The van der Waals surface area contributed by atoms with Crippen molar-refractivity contribution in [2.45, 2.75) is 52.4 Å². The maximum Gasteiger partial charge on any atom is 0.236 e. The molecule has 2 fully saturated rings. The van der Waals surface area contributed by atoms with Gasteiger partial charge in [-0.15, -0.1) is 12.4 Å². The lowest BCUT2D eigenvalue weighted by molar-refractivity contribution is -0.129. The molecule has 0 unspecified atom stereocenters. The van der Waals surface area contributed by atoms with E-state index in [1.165, 1.54) is 31.4 Å². The Balaban J connectivity index is 0.00000300. The maximum absolute atomic E-state index is 12.0. The van der Waals surface area contributed by atoms with Gasteiger partial charge in [-0.3, -0.25) is 9.69 Å². The normalized spacial score (nSPS) is 23.4. The van der Waals surface area contributed by atoms with Crippen molar-refractivity contribution in [2.75, 3.05) is 51.7 Å². The van der Waals surface area contributed by atoms with E-state index in [-0.39, 0.29) is 18.3 Å². The molecule has 0 radical (unpaired) electrons. The Hall–Kier alpha value is -1.26. The first-order valence-electron chi connectivity index (χ1n) is 11.0. The fraction of sp³-hybridized carbons (Fsp3) is 0.708. The molecular formula is C24H40ClN3O. The predicted molar refractivity (Wildman–Crippen MR) is 125 cm³/mol. The number of nitrogens with zero attached hydrogens (tertiary/aromatic N) is 3. The first-order valence-corrected chi connectivity index (χ1v) is 11.0. The number of carbonyl (C=O) groups excluding carboxylic acids is 1. The maximum atomic E-state index is 12.0. The minimum atomic E-state index is 0. The molecule has 2 aliphatic rings. The van der Waals surface area contributed by atoms with Crippen LogP contribution in [0.15, 0.2) is 24.3 Å². The average Bonchev–Trinajstić information content (AvgIpc) is 2.68. The van der Waals surface area contributed by atoms with Crippen molar-refractivity contribution in [3.8, 4) is 0 Å². The number of hydrogen-bond acceptors (Lipinski definition) is 3. The molecule has 0 spiro atoms. The van der Waals surface area contributed by atoms with Gasteiger partial charge < -0.3 is 9.80 Å². The molecular weight excluding hydrogens is 382 g/mol. The van der Waals surface area contributed by atoms with E-state index in [1.807, 2.05) is 14.1 Å². The van der Waals surface area contributed by atoms with Gasteiger partial charge in [0.2, 0.25) is 5.91 Å². The molecule has 1 aliphatic heterocycles. The third-order valence-electron chi connectivity index (χ3n) is 6.90. The highest BCUT2D eigenvalue weighted by molar-refractivity contribution is 5.85. The van der Waals surface area contributed by atoms with E-state index in [0.29, 0.717) is 17.9 Å². The molecule has 4 nitrogen and oxygen atoms in total. The summed E-state index contributed by atoms with van der Waals surface area (Å²) < 4.78 is 0. The van der Waals surface area contributed by atoms with Crippen LogP contribution in [0.2, 0.25) is 0 Å². The van der Waals surface area contributed by atoms with Crippen LogP contribution in [0.3, 0.4) is 0 Å². The average molecular weight is 422 g/mol. The SMILES string of the molecule is CN(C)C(=O)CN1CCN(c2ccccc2C2CCC(C(C)(C)C)CC2)CC1.Cl. The van der Waals surface area contributed by atoms with E-state index >= 15 is 0 Å². The lowest BCUT2D eigenvalue weighted by Crippen LogP contribution is -2.49. The third-order valence-corrected chi connectivity index (χ3v) is 6.90. The molecule has 0 atom stereocenters. The van der Waals surface area contributed by atoms with Gasteiger partial charge in [0.15, 0.2) is 0 Å². The number of hydrogen-bond donors (Lipinski definition) is 0. The number of piperazine rings is 1. The highest BCUT2D eigenvalue weighted by Gasteiger charge is 2.31. The molecule has 1 aromatic carbocycles. The van der Waals surface area contributed by atoms with Crippen LogP contribution in [0.4, 0.5) is 5.69 Å². The van der Waals surface area contributed by atoms with Gasteiger partial charge in [0.05, 0.1) is 6.54 Å². The largest absolute Gasteiger partial charge is 0.369 e. The van der Waals surface area contributed by atoms with Crippen molar-refractivity contribution in [3.05, 3.63) is 29.8 Å². The Morgan fingerprint density at radius 1 is 1.00 bits per heavy atom. The van der Waals surface area contributed by atoms with Crippen molar-refractivity contribution >= 4 is 24.0 Å². The van der Waals surface area contributed by atoms with Crippen LogP contribution >= 0.6 is 12.4 Å². The third kappa shape index (κ3) is 6.11. The Labute approximate surface area is 184 Å². The van der Waals surface area contributed by atoms with Crippen LogP contribution in [-0.4, -0.2) is 62.5 Å². The standard InChI is InChI=1S/C24H39N3O.ClH/c1-24(2,3)20-12-10-19(11-13-20)21-8-6-7-9-22(21)27-16-14-26(15-17-27)18-23(28)25(4)5;/h6-9,19-20H,10-18H2,1-5H3;1H. The summed E-state index contributed by atoms with van der Waals surface area (Å²) in [6.45, 7) is 11.7. The van der Waals surface area contributed by atoms with Crippen LogP contribution in [0.1, 0.15) is 57.9 Å². The summed E-state index contributed by atoms with van der Waals surface area (Å²) in [4.78, 5) is 18.5. The van der Waals surface area contributed by atoms with E-state index in [9.17, 15) is 4.79 Å². The molecule has 1 aromatic rings. The predicted octanol–water partition coefficient (Wildman–Crippen LogP) is 4.64. The van der Waals surface area contributed by atoms with Gasteiger partial charge in [-0.05, 0) is 54.6 Å². The summed E-state index contributed by atoms with van der Waals surface area (Å²) >= 11 is 0. The van der Waals surface area contributed by atoms with E-state index < -0.39 is 0 Å². The van der Waals surface area contributed by atoms with Crippen molar-refractivity contribution in [3.63, 3.8) is 0 Å². The van der Waals surface area contributed by atoms with Gasteiger partial charge >= 0.3 is 0 Å². The molecule has 1 heterocycles. The lowest BCUT2D eigenvalue weighted by Gasteiger charge is -2.40. The van der Waals surface area contributed by atoms with Crippen LogP contribution in [0.5, 0.6) is 0 Å². The fourth-order valence-electron chi connectivity index (χ4n) is 4.87. The van der Waals surface area contributed by atoms with Gasteiger partial charge in [-0.1, -0.05) is 39.0 Å². The molecule has 3 rings (SSSR count). The Bertz CT molecular complexity index is 654. The summed E-state index contributed by atoms with van der Waals surface area (Å²) in [5.41, 5.74) is 3.41. The molecule has 0 N–H and O–H groups in total. The van der Waals surface area contributed by atoms with E-state index in [4.69, 9.17) is 0 Å². The molecule has 164 valence electrons. The number of benzene rings is 1. The van der Waals surface area contributed by atoms with E-state index in [1.54, 1.807) is 10.5 Å². The Morgan fingerprint density at radius 3 is 2.14 bits per heavy atom. The molecule has 1 saturated carbocycles. The van der Waals surface area contributed by atoms with Gasteiger partial charge in [0, 0.05) is 46.0 Å².